The number of halogens is 1. The lowest BCUT2D eigenvalue weighted by molar-refractivity contribution is 0.217. The lowest BCUT2D eigenvalue weighted by Gasteiger charge is -2.10. The second kappa shape index (κ2) is 8.73. The SMILES string of the molecule is Fc1ccc(CNc2ccc(OCCOc3ccccc3)cc2)cc1. The maximum atomic E-state index is 12.9. The van der Waals surface area contributed by atoms with Gasteiger partial charge < -0.3 is 14.8 Å². The molecule has 128 valence electrons. The van der Waals surface area contributed by atoms with Gasteiger partial charge in [-0.05, 0) is 54.1 Å². The molecule has 3 rings (SSSR count). The van der Waals surface area contributed by atoms with Crippen molar-refractivity contribution >= 4 is 5.69 Å². The largest absolute Gasteiger partial charge is 0.490 e. The molecule has 3 nitrogen and oxygen atoms in total. The average molecular weight is 337 g/mol. The number of ether oxygens (including phenoxy) is 2. The van der Waals surface area contributed by atoms with Crippen molar-refractivity contribution in [2.45, 2.75) is 6.54 Å². The highest BCUT2D eigenvalue weighted by Gasteiger charge is 1.98. The normalized spacial score (nSPS) is 10.3. The number of nitrogens with one attached hydrogen (secondary N) is 1. The molecule has 3 aromatic carbocycles. The van der Waals surface area contributed by atoms with Crippen LogP contribution in [0, 0.1) is 5.82 Å². The van der Waals surface area contributed by atoms with E-state index in [1.807, 2.05) is 54.6 Å². The van der Waals surface area contributed by atoms with Crippen molar-refractivity contribution in [3.63, 3.8) is 0 Å². The minimum absolute atomic E-state index is 0.221. The maximum Gasteiger partial charge on any atom is 0.123 e. The van der Waals surface area contributed by atoms with Gasteiger partial charge in [0.1, 0.15) is 30.5 Å². The van der Waals surface area contributed by atoms with Crippen LogP contribution in [-0.2, 0) is 6.54 Å². The third-order valence-electron chi connectivity index (χ3n) is 3.63. The third-order valence-corrected chi connectivity index (χ3v) is 3.63. The van der Waals surface area contributed by atoms with Gasteiger partial charge in [0, 0.05) is 12.2 Å². The van der Waals surface area contributed by atoms with Crippen molar-refractivity contribution in [3.8, 4) is 11.5 Å². The Hall–Kier alpha value is -3.01. The number of benzene rings is 3. The number of para-hydroxylation sites is 1. The molecule has 0 amide bonds. The molecule has 0 saturated heterocycles. The molecular formula is C21H20FNO2. The van der Waals surface area contributed by atoms with Crippen molar-refractivity contribution in [2.75, 3.05) is 18.5 Å². The summed E-state index contributed by atoms with van der Waals surface area (Å²) in [5.74, 6) is 1.41. The first-order valence-electron chi connectivity index (χ1n) is 8.19. The smallest absolute Gasteiger partial charge is 0.123 e. The van der Waals surface area contributed by atoms with Gasteiger partial charge in [0.15, 0.2) is 0 Å². The van der Waals surface area contributed by atoms with Gasteiger partial charge >= 0.3 is 0 Å². The predicted molar refractivity (Wildman–Crippen MR) is 97.6 cm³/mol. The van der Waals surface area contributed by atoms with Crippen LogP contribution in [0.3, 0.4) is 0 Å². The van der Waals surface area contributed by atoms with Crippen LogP contribution in [0.5, 0.6) is 11.5 Å². The van der Waals surface area contributed by atoms with E-state index in [0.29, 0.717) is 19.8 Å². The lowest BCUT2D eigenvalue weighted by Crippen LogP contribution is -2.08. The molecule has 0 bridgehead atoms. The summed E-state index contributed by atoms with van der Waals surface area (Å²) in [5, 5.41) is 3.29. The molecular weight excluding hydrogens is 317 g/mol. The molecule has 0 aliphatic heterocycles. The minimum atomic E-state index is -0.221. The van der Waals surface area contributed by atoms with E-state index < -0.39 is 0 Å². The summed E-state index contributed by atoms with van der Waals surface area (Å²) >= 11 is 0. The second-order valence-electron chi connectivity index (χ2n) is 5.51. The van der Waals surface area contributed by atoms with Crippen LogP contribution in [0.15, 0.2) is 78.9 Å². The first kappa shape index (κ1) is 16.8. The molecule has 1 N–H and O–H groups in total. The number of hydrogen-bond acceptors (Lipinski definition) is 3. The molecule has 3 aromatic rings. The van der Waals surface area contributed by atoms with Crippen LogP contribution in [0.4, 0.5) is 10.1 Å². The molecule has 0 aliphatic carbocycles. The topological polar surface area (TPSA) is 30.5 Å². The van der Waals surface area contributed by atoms with Gasteiger partial charge in [-0.3, -0.25) is 0 Å². The maximum absolute atomic E-state index is 12.9. The summed E-state index contributed by atoms with van der Waals surface area (Å²) in [7, 11) is 0. The average Bonchev–Trinajstić information content (AvgIpc) is 2.67. The first-order valence-corrected chi connectivity index (χ1v) is 8.19. The summed E-state index contributed by atoms with van der Waals surface area (Å²) in [4.78, 5) is 0. The van der Waals surface area contributed by atoms with Crippen molar-refractivity contribution in [2.24, 2.45) is 0 Å². The summed E-state index contributed by atoms with van der Waals surface area (Å²) in [6.07, 6.45) is 0. The van der Waals surface area contributed by atoms with Crippen LogP contribution in [0.25, 0.3) is 0 Å². The van der Waals surface area contributed by atoms with E-state index in [4.69, 9.17) is 9.47 Å². The fourth-order valence-electron chi connectivity index (χ4n) is 2.31. The Bertz CT molecular complexity index is 758. The highest BCUT2D eigenvalue weighted by Crippen LogP contribution is 2.17. The summed E-state index contributed by atoms with van der Waals surface area (Å²) in [5.41, 5.74) is 2.01. The monoisotopic (exact) mass is 337 g/mol. The van der Waals surface area contributed by atoms with Crippen molar-refractivity contribution in [3.05, 3.63) is 90.2 Å². The number of hydrogen-bond donors (Lipinski definition) is 1. The highest BCUT2D eigenvalue weighted by molar-refractivity contribution is 5.46. The second-order valence-corrected chi connectivity index (χ2v) is 5.51. The van der Waals surface area contributed by atoms with Crippen molar-refractivity contribution in [1.29, 1.82) is 0 Å². The van der Waals surface area contributed by atoms with Gasteiger partial charge in [0.2, 0.25) is 0 Å². The van der Waals surface area contributed by atoms with Gasteiger partial charge in [0.25, 0.3) is 0 Å². The van der Waals surface area contributed by atoms with Gasteiger partial charge in [-0.15, -0.1) is 0 Å². The van der Waals surface area contributed by atoms with E-state index in [2.05, 4.69) is 5.32 Å². The molecule has 0 unspecified atom stereocenters. The standard InChI is InChI=1S/C21H20FNO2/c22-18-8-6-17(7-9-18)16-23-19-10-12-21(13-11-19)25-15-14-24-20-4-2-1-3-5-20/h1-13,23H,14-16H2. The Balaban J connectivity index is 1.40. The van der Waals surface area contributed by atoms with E-state index in [9.17, 15) is 4.39 Å². The van der Waals surface area contributed by atoms with Crippen molar-refractivity contribution < 1.29 is 13.9 Å². The van der Waals surface area contributed by atoms with E-state index in [1.54, 1.807) is 12.1 Å². The summed E-state index contributed by atoms with van der Waals surface area (Å²) in [6, 6.07) is 23.9. The van der Waals surface area contributed by atoms with E-state index in [0.717, 1.165) is 22.7 Å². The molecule has 4 heteroatoms. The molecule has 0 saturated carbocycles. The molecule has 0 spiro atoms. The van der Waals surface area contributed by atoms with Crippen LogP contribution < -0.4 is 14.8 Å². The summed E-state index contributed by atoms with van der Waals surface area (Å²) in [6.45, 7) is 1.62. The molecule has 0 atom stereocenters. The van der Waals surface area contributed by atoms with Gasteiger partial charge in [-0.2, -0.15) is 0 Å². The minimum Gasteiger partial charge on any atom is -0.490 e. The first-order chi connectivity index (χ1) is 12.3. The van der Waals surface area contributed by atoms with Crippen LogP contribution >= 0.6 is 0 Å². The number of rotatable bonds is 8. The quantitative estimate of drug-likeness (QED) is 0.593. The predicted octanol–water partition coefficient (Wildman–Crippen LogP) is 4.90. The Morgan fingerprint density at radius 3 is 1.92 bits per heavy atom. The van der Waals surface area contributed by atoms with Gasteiger partial charge in [-0.25, -0.2) is 4.39 Å². The van der Waals surface area contributed by atoms with Gasteiger partial charge in [-0.1, -0.05) is 30.3 Å². The van der Waals surface area contributed by atoms with Crippen LogP contribution in [-0.4, -0.2) is 13.2 Å². The summed E-state index contributed by atoms with van der Waals surface area (Å²) < 4.78 is 24.1. The third kappa shape index (κ3) is 5.53. The molecule has 25 heavy (non-hydrogen) atoms. The van der Waals surface area contributed by atoms with Crippen LogP contribution in [0.2, 0.25) is 0 Å². The van der Waals surface area contributed by atoms with E-state index in [1.165, 1.54) is 12.1 Å². The molecule has 0 aromatic heterocycles. The lowest BCUT2D eigenvalue weighted by atomic mass is 10.2. The highest BCUT2D eigenvalue weighted by atomic mass is 19.1. The molecule has 0 aliphatic rings. The van der Waals surface area contributed by atoms with Gasteiger partial charge in [0.05, 0.1) is 0 Å². The molecule has 0 heterocycles. The zero-order valence-corrected chi connectivity index (χ0v) is 13.8. The Labute approximate surface area is 147 Å². The molecule has 0 fully saturated rings. The number of anilines is 1. The fourth-order valence-corrected chi connectivity index (χ4v) is 2.31. The Morgan fingerprint density at radius 2 is 1.28 bits per heavy atom. The zero-order valence-electron chi connectivity index (χ0n) is 13.8. The van der Waals surface area contributed by atoms with Crippen LogP contribution in [0.1, 0.15) is 5.56 Å². The van der Waals surface area contributed by atoms with Crippen molar-refractivity contribution in [1.82, 2.24) is 0 Å². The molecule has 0 radical (unpaired) electrons. The van der Waals surface area contributed by atoms with E-state index >= 15 is 0 Å². The zero-order chi connectivity index (χ0) is 17.3. The fraction of sp³-hybridized carbons (Fsp3) is 0.143. The van der Waals surface area contributed by atoms with E-state index in [-0.39, 0.29) is 5.82 Å². The Morgan fingerprint density at radius 1 is 0.680 bits per heavy atom. The Kier molecular flexibility index (Phi) is 5.88.